The Morgan fingerprint density at radius 1 is 1.29 bits per heavy atom. The first-order chi connectivity index (χ1) is 7.79. The molecule has 3 N–H and O–H groups in total. The van der Waals surface area contributed by atoms with Gasteiger partial charge in [-0.15, -0.1) is 0 Å². The van der Waals surface area contributed by atoms with Crippen LogP contribution in [0.5, 0.6) is 5.75 Å². The van der Waals surface area contributed by atoms with Crippen LogP contribution in [-0.4, -0.2) is 11.9 Å². The quantitative estimate of drug-likeness (QED) is 0.621. The number of nitrogens with one attached hydrogen (secondary N) is 1. The monoisotopic (exact) mass is 234 g/mol. The third-order valence-electron chi connectivity index (χ3n) is 2.56. The van der Waals surface area contributed by atoms with Gasteiger partial charge in [-0.05, 0) is 30.0 Å². The zero-order valence-corrected chi connectivity index (χ0v) is 11.1. The van der Waals surface area contributed by atoms with E-state index in [2.05, 4.69) is 32.9 Å². The summed E-state index contributed by atoms with van der Waals surface area (Å²) in [6.45, 7) is 8.46. The molecule has 1 unspecified atom stereocenters. The molecule has 3 nitrogen and oxygen atoms in total. The van der Waals surface area contributed by atoms with Crippen LogP contribution in [0.15, 0.2) is 24.3 Å². The van der Waals surface area contributed by atoms with E-state index in [1.165, 1.54) is 5.56 Å². The summed E-state index contributed by atoms with van der Waals surface area (Å²) in [5.74, 6) is 0.982. The minimum atomic E-state index is -0.0620. The zero-order valence-electron chi connectivity index (χ0n) is 11.1. The van der Waals surface area contributed by atoms with Crippen LogP contribution in [0.25, 0.3) is 0 Å². The van der Waals surface area contributed by atoms with E-state index in [-0.39, 0.29) is 17.4 Å². The Labute approximate surface area is 103 Å². The first kappa shape index (κ1) is 13.6. The van der Waals surface area contributed by atoms with Crippen LogP contribution in [-0.2, 0) is 5.41 Å². The fourth-order valence-electron chi connectivity index (χ4n) is 1.62. The molecule has 0 aliphatic carbocycles. The predicted molar refractivity (Wildman–Crippen MR) is 71.8 cm³/mol. The Hall–Kier alpha value is -1.51. The van der Waals surface area contributed by atoms with Gasteiger partial charge in [0.1, 0.15) is 11.9 Å². The van der Waals surface area contributed by atoms with E-state index < -0.39 is 0 Å². The second kappa shape index (κ2) is 5.21. The summed E-state index contributed by atoms with van der Waals surface area (Å²) in [5, 5.41) is 7.20. The highest BCUT2D eigenvalue weighted by molar-refractivity contribution is 5.77. The Bertz CT molecular complexity index is 376. The average molecular weight is 234 g/mol. The van der Waals surface area contributed by atoms with Crippen LogP contribution in [0.1, 0.15) is 39.7 Å². The molecular formula is C14H22N2O. The summed E-state index contributed by atoms with van der Waals surface area (Å²) in [6.07, 6.45) is 0.397. The number of hydrogen-bond donors (Lipinski definition) is 2. The minimum Gasteiger partial charge on any atom is -0.490 e. The summed E-state index contributed by atoms with van der Waals surface area (Å²) in [4.78, 5) is 0. The molecule has 0 radical (unpaired) electrons. The lowest BCUT2D eigenvalue weighted by Gasteiger charge is -2.20. The number of nitrogens with two attached hydrogens (primary N) is 1. The van der Waals surface area contributed by atoms with E-state index in [4.69, 9.17) is 15.9 Å². The molecule has 1 atom stereocenters. The van der Waals surface area contributed by atoms with Gasteiger partial charge < -0.3 is 10.5 Å². The van der Waals surface area contributed by atoms with Gasteiger partial charge in [0, 0.05) is 6.42 Å². The first-order valence-electron chi connectivity index (χ1n) is 5.89. The van der Waals surface area contributed by atoms with Gasteiger partial charge in [0.2, 0.25) is 0 Å². The van der Waals surface area contributed by atoms with Crippen LogP contribution in [0.2, 0.25) is 0 Å². The lowest BCUT2D eigenvalue weighted by Crippen LogP contribution is -2.21. The molecular weight excluding hydrogens is 212 g/mol. The van der Waals surface area contributed by atoms with Crippen molar-refractivity contribution in [1.82, 2.24) is 0 Å². The summed E-state index contributed by atoms with van der Waals surface area (Å²) >= 11 is 0. The minimum absolute atomic E-state index is 0.0620. The fraction of sp³-hybridized carbons (Fsp3) is 0.500. The normalized spacial score (nSPS) is 13.2. The van der Waals surface area contributed by atoms with Gasteiger partial charge in [-0.1, -0.05) is 32.9 Å². The number of hydrogen-bond acceptors (Lipinski definition) is 2. The van der Waals surface area contributed by atoms with Crippen molar-refractivity contribution in [3.63, 3.8) is 0 Å². The Morgan fingerprint density at radius 3 is 2.24 bits per heavy atom. The smallest absolute Gasteiger partial charge is 0.119 e. The third-order valence-corrected chi connectivity index (χ3v) is 2.56. The van der Waals surface area contributed by atoms with Crippen molar-refractivity contribution in [3.05, 3.63) is 29.8 Å². The lowest BCUT2D eigenvalue weighted by molar-refractivity contribution is 0.229. The van der Waals surface area contributed by atoms with Gasteiger partial charge in [-0.25, -0.2) is 0 Å². The van der Waals surface area contributed by atoms with E-state index in [9.17, 15) is 0 Å². The van der Waals surface area contributed by atoms with Crippen molar-refractivity contribution in [1.29, 1.82) is 5.41 Å². The van der Waals surface area contributed by atoms with E-state index in [1.807, 2.05) is 19.1 Å². The van der Waals surface area contributed by atoms with E-state index >= 15 is 0 Å². The molecule has 0 aliphatic rings. The van der Waals surface area contributed by atoms with Crippen LogP contribution >= 0.6 is 0 Å². The maximum absolute atomic E-state index is 7.20. The fourth-order valence-corrected chi connectivity index (χ4v) is 1.62. The molecule has 94 valence electrons. The third kappa shape index (κ3) is 4.47. The van der Waals surface area contributed by atoms with Crippen LogP contribution in [0, 0.1) is 5.41 Å². The highest BCUT2D eigenvalue weighted by atomic mass is 16.5. The van der Waals surface area contributed by atoms with Crippen molar-refractivity contribution in [2.45, 2.75) is 45.6 Å². The molecule has 0 fully saturated rings. The summed E-state index contributed by atoms with van der Waals surface area (Å²) in [7, 11) is 0. The molecule has 0 spiro atoms. The number of amidine groups is 1. The second-order valence-electron chi connectivity index (χ2n) is 5.43. The lowest BCUT2D eigenvalue weighted by atomic mass is 9.87. The van der Waals surface area contributed by atoms with E-state index in [0.29, 0.717) is 6.42 Å². The number of ether oxygens (including phenoxy) is 1. The zero-order chi connectivity index (χ0) is 13.1. The molecule has 1 aromatic rings. The summed E-state index contributed by atoms with van der Waals surface area (Å²) < 4.78 is 5.67. The molecule has 0 aliphatic heterocycles. The molecule has 0 saturated heterocycles. The Balaban J connectivity index is 2.66. The topological polar surface area (TPSA) is 59.1 Å². The number of rotatable bonds is 4. The van der Waals surface area contributed by atoms with Gasteiger partial charge in [0.15, 0.2) is 0 Å². The number of benzene rings is 1. The van der Waals surface area contributed by atoms with Crippen molar-refractivity contribution in [3.8, 4) is 5.75 Å². The standard InChI is InChI=1S/C14H22N2O/c1-10(9-13(15)16)17-12-7-5-11(6-8-12)14(2,3)4/h5-8,10H,9H2,1-4H3,(H3,15,16). The largest absolute Gasteiger partial charge is 0.490 e. The summed E-state index contributed by atoms with van der Waals surface area (Å²) in [5.41, 5.74) is 6.77. The molecule has 1 rings (SSSR count). The molecule has 3 heteroatoms. The summed E-state index contributed by atoms with van der Waals surface area (Å²) in [6, 6.07) is 8.10. The van der Waals surface area contributed by atoms with Gasteiger partial charge >= 0.3 is 0 Å². The molecule has 0 aromatic heterocycles. The Kier molecular flexibility index (Phi) is 4.16. The van der Waals surface area contributed by atoms with Gasteiger partial charge in [0.25, 0.3) is 0 Å². The highest BCUT2D eigenvalue weighted by Crippen LogP contribution is 2.24. The molecule has 0 heterocycles. The predicted octanol–water partition coefficient (Wildman–Crippen LogP) is 3.08. The van der Waals surface area contributed by atoms with E-state index in [1.54, 1.807) is 0 Å². The molecule has 1 aromatic carbocycles. The van der Waals surface area contributed by atoms with Crippen molar-refractivity contribution in [2.75, 3.05) is 0 Å². The van der Waals surface area contributed by atoms with Gasteiger partial charge in [-0.3, -0.25) is 5.41 Å². The molecule has 0 amide bonds. The van der Waals surface area contributed by atoms with Crippen molar-refractivity contribution < 1.29 is 4.74 Å². The molecule has 0 saturated carbocycles. The van der Waals surface area contributed by atoms with Crippen molar-refractivity contribution >= 4 is 5.84 Å². The van der Waals surface area contributed by atoms with Crippen LogP contribution in [0.4, 0.5) is 0 Å². The van der Waals surface area contributed by atoms with Crippen LogP contribution in [0.3, 0.4) is 0 Å². The average Bonchev–Trinajstić information content (AvgIpc) is 2.15. The maximum atomic E-state index is 7.20. The van der Waals surface area contributed by atoms with Crippen LogP contribution < -0.4 is 10.5 Å². The SMILES string of the molecule is CC(CC(=N)N)Oc1ccc(C(C)(C)C)cc1. The molecule has 0 bridgehead atoms. The molecule has 17 heavy (non-hydrogen) atoms. The maximum Gasteiger partial charge on any atom is 0.119 e. The highest BCUT2D eigenvalue weighted by Gasteiger charge is 2.13. The van der Waals surface area contributed by atoms with Crippen molar-refractivity contribution in [2.24, 2.45) is 5.73 Å². The second-order valence-corrected chi connectivity index (χ2v) is 5.43. The Morgan fingerprint density at radius 2 is 1.82 bits per heavy atom. The van der Waals surface area contributed by atoms with Gasteiger partial charge in [-0.2, -0.15) is 0 Å². The van der Waals surface area contributed by atoms with Gasteiger partial charge in [0.05, 0.1) is 5.84 Å². The first-order valence-corrected chi connectivity index (χ1v) is 5.89. The van der Waals surface area contributed by atoms with E-state index in [0.717, 1.165) is 5.75 Å².